The number of rotatable bonds is 4. The van der Waals surface area contributed by atoms with E-state index in [4.69, 9.17) is 5.84 Å². The molecule has 1 fully saturated rings. The van der Waals surface area contributed by atoms with E-state index in [-0.39, 0.29) is 0 Å². The average molecular weight is 184 g/mol. The first-order chi connectivity index (χ1) is 6.26. The Kier molecular flexibility index (Phi) is 4.02. The van der Waals surface area contributed by atoms with Crippen LogP contribution in [0.1, 0.15) is 33.1 Å². The molecule has 1 aliphatic rings. The molecule has 1 saturated carbocycles. The van der Waals surface area contributed by atoms with Crippen molar-refractivity contribution in [3.05, 3.63) is 0 Å². The second-order valence-corrected chi connectivity index (χ2v) is 3.77. The maximum Gasteiger partial charge on any atom is 0.205 e. The van der Waals surface area contributed by atoms with Gasteiger partial charge < -0.3 is 5.32 Å². The lowest BCUT2D eigenvalue weighted by molar-refractivity contribution is 0.573. The highest BCUT2D eigenvalue weighted by Gasteiger charge is 2.21. The summed E-state index contributed by atoms with van der Waals surface area (Å²) in [6.07, 6.45) is 3.64. The Morgan fingerprint density at radius 2 is 2.31 bits per heavy atom. The molecule has 4 heteroatoms. The van der Waals surface area contributed by atoms with Crippen LogP contribution in [-0.2, 0) is 0 Å². The first-order valence-corrected chi connectivity index (χ1v) is 5.03. The van der Waals surface area contributed by atoms with Gasteiger partial charge in [0.15, 0.2) is 0 Å². The lowest BCUT2D eigenvalue weighted by Gasteiger charge is -2.09. The van der Waals surface area contributed by atoms with Gasteiger partial charge in [-0.1, -0.05) is 20.3 Å². The van der Waals surface area contributed by atoms with Gasteiger partial charge >= 0.3 is 0 Å². The molecule has 0 heterocycles. The molecule has 0 aromatic carbocycles. The first kappa shape index (κ1) is 10.3. The molecule has 0 aromatic rings. The largest absolute Gasteiger partial charge is 0.353 e. The lowest BCUT2D eigenvalue weighted by Crippen LogP contribution is -2.42. The summed E-state index contributed by atoms with van der Waals surface area (Å²) in [7, 11) is 0. The summed E-state index contributed by atoms with van der Waals surface area (Å²) in [5.74, 6) is 6.70. The summed E-state index contributed by atoms with van der Waals surface area (Å²) in [5, 5.41) is 3.23. The van der Waals surface area contributed by atoms with Gasteiger partial charge in [-0.25, -0.2) is 5.84 Å². The molecule has 0 amide bonds. The minimum atomic E-state index is 0.603. The van der Waals surface area contributed by atoms with E-state index in [0.29, 0.717) is 12.0 Å². The van der Waals surface area contributed by atoms with Gasteiger partial charge in [0.2, 0.25) is 5.96 Å². The topological polar surface area (TPSA) is 62.4 Å². The van der Waals surface area contributed by atoms with Crippen molar-refractivity contribution >= 4 is 5.96 Å². The third-order valence-corrected chi connectivity index (χ3v) is 2.31. The number of hydrogen-bond donors (Lipinski definition) is 3. The van der Waals surface area contributed by atoms with Crippen molar-refractivity contribution in [2.24, 2.45) is 16.8 Å². The zero-order valence-corrected chi connectivity index (χ0v) is 8.51. The van der Waals surface area contributed by atoms with Gasteiger partial charge in [0.1, 0.15) is 0 Å². The Labute approximate surface area is 80.0 Å². The van der Waals surface area contributed by atoms with Gasteiger partial charge in [0.25, 0.3) is 0 Å². The molecule has 1 aliphatic carbocycles. The van der Waals surface area contributed by atoms with Crippen molar-refractivity contribution in [1.29, 1.82) is 0 Å². The highest BCUT2D eigenvalue weighted by Crippen LogP contribution is 2.18. The zero-order chi connectivity index (χ0) is 9.68. The number of guanidine groups is 1. The average Bonchev–Trinajstić information content (AvgIpc) is 2.95. The summed E-state index contributed by atoms with van der Waals surface area (Å²) in [4.78, 5) is 4.36. The van der Waals surface area contributed by atoms with E-state index < -0.39 is 0 Å². The van der Waals surface area contributed by atoms with Crippen LogP contribution >= 0.6 is 0 Å². The maximum atomic E-state index is 5.33. The summed E-state index contributed by atoms with van der Waals surface area (Å²) in [6, 6.07) is 0.603. The summed E-state index contributed by atoms with van der Waals surface area (Å²) in [5.41, 5.74) is 2.59. The predicted octanol–water partition coefficient (Wildman–Crippen LogP) is 0.604. The van der Waals surface area contributed by atoms with Crippen LogP contribution in [0.25, 0.3) is 0 Å². The molecule has 76 valence electrons. The van der Waals surface area contributed by atoms with Crippen LogP contribution in [0.2, 0.25) is 0 Å². The highest BCUT2D eigenvalue weighted by molar-refractivity contribution is 5.79. The van der Waals surface area contributed by atoms with E-state index in [9.17, 15) is 0 Å². The fourth-order valence-corrected chi connectivity index (χ4v) is 0.930. The van der Waals surface area contributed by atoms with E-state index in [1.807, 2.05) is 0 Å². The predicted molar refractivity (Wildman–Crippen MR) is 55.2 cm³/mol. The van der Waals surface area contributed by atoms with E-state index in [1.165, 1.54) is 12.8 Å². The van der Waals surface area contributed by atoms with Gasteiger partial charge in [-0.2, -0.15) is 0 Å². The standard InChI is InChI=1S/C9H20N4/c1-3-7(2)6-11-9(13-10)12-8-4-5-8/h7-8H,3-6,10H2,1-2H3,(H2,11,12,13). The number of nitrogens with one attached hydrogen (secondary N) is 2. The van der Waals surface area contributed by atoms with Gasteiger partial charge in [-0.05, 0) is 18.8 Å². The lowest BCUT2D eigenvalue weighted by atomic mass is 10.1. The van der Waals surface area contributed by atoms with Crippen LogP contribution < -0.4 is 16.6 Å². The molecule has 4 nitrogen and oxygen atoms in total. The molecule has 0 aromatic heterocycles. The SMILES string of the molecule is CCC(C)CN=C(NN)NC1CC1. The van der Waals surface area contributed by atoms with E-state index >= 15 is 0 Å². The first-order valence-electron chi connectivity index (χ1n) is 5.03. The second kappa shape index (κ2) is 5.07. The molecule has 0 radical (unpaired) electrons. The van der Waals surface area contributed by atoms with Crippen molar-refractivity contribution in [2.45, 2.75) is 39.2 Å². The van der Waals surface area contributed by atoms with Crippen LogP contribution in [0.15, 0.2) is 4.99 Å². The van der Waals surface area contributed by atoms with Crippen molar-refractivity contribution in [1.82, 2.24) is 10.7 Å². The quantitative estimate of drug-likeness (QED) is 0.259. The third kappa shape index (κ3) is 4.12. The number of hydrogen-bond acceptors (Lipinski definition) is 2. The fraction of sp³-hybridized carbons (Fsp3) is 0.889. The molecule has 1 unspecified atom stereocenters. The Morgan fingerprint density at radius 3 is 2.77 bits per heavy atom. The normalized spacial score (nSPS) is 19.8. The number of aliphatic imine (C=N–C) groups is 1. The molecule has 0 saturated heterocycles. The van der Waals surface area contributed by atoms with E-state index in [2.05, 4.69) is 29.6 Å². The molecule has 4 N–H and O–H groups in total. The minimum Gasteiger partial charge on any atom is -0.353 e. The smallest absolute Gasteiger partial charge is 0.205 e. The fourth-order valence-electron chi connectivity index (χ4n) is 0.930. The molecule has 13 heavy (non-hydrogen) atoms. The van der Waals surface area contributed by atoms with Gasteiger partial charge in [-0.15, -0.1) is 0 Å². The monoisotopic (exact) mass is 184 g/mol. The molecule has 0 spiro atoms. The molecule has 0 bridgehead atoms. The molecule has 1 atom stereocenters. The van der Waals surface area contributed by atoms with Crippen LogP contribution in [0.5, 0.6) is 0 Å². The van der Waals surface area contributed by atoms with Crippen LogP contribution in [0, 0.1) is 5.92 Å². The van der Waals surface area contributed by atoms with Crippen molar-refractivity contribution < 1.29 is 0 Å². The second-order valence-electron chi connectivity index (χ2n) is 3.77. The molecule has 1 rings (SSSR count). The Hall–Kier alpha value is -0.770. The van der Waals surface area contributed by atoms with Gasteiger partial charge in [0.05, 0.1) is 0 Å². The van der Waals surface area contributed by atoms with Crippen LogP contribution in [0.3, 0.4) is 0 Å². The summed E-state index contributed by atoms with van der Waals surface area (Å²) in [6.45, 7) is 5.20. The number of nitrogens with zero attached hydrogens (tertiary/aromatic N) is 1. The Morgan fingerprint density at radius 1 is 1.62 bits per heavy atom. The Balaban J connectivity index is 2.25. The van der Waals surface area contributed by atoms with E-state index in [0.717, 1.165) is 18.9 Å². The molecular formula is C9H20N4. The van der Waals surface area contributed by atoms with Crippen molar-refractivity contribution in [2.75, 3.05) is 6.54 Å². The minimum absolute atomic E-state index is 0.603. The Bertz CT molecular complexity index is 174. The van der Waals surface area contributed by atoms with Crippen LogP contribution in [0.4, 0.5) is 0 Å². The summed E-state index contributed by atoms with van der Waals surface area (Å²) >= 11 is 0. The van der Waals surface area contributed by atoms with E-state index in [1.54, 1.807) is 0 Å². The number of nitrogens with two attached hydrogens (primary N) is 1. The van der Waals surface area contributed by atoms with Gasteiger partial charge in [0, 0.05) is 12.6 Å². The highest BCUT2D eigenvalue weighted by atomic mass is 15.3. The number of hydrazine groups is 1. The molecule has 0 aliphatic heterocycles. The third-order valence-electron chi connectivity index (χ3n) is 2.31. The maximum absolute atomic E-state index is 5.33. The molecular weight excluding hydrogens is 164 g/mol. The van der Waals surface area contributed by atoms with Gasteiger partial charge in [-0.3, -0.25) is 10.4 Å². The van der Waals surface area contributed by atoms with Crippen LogP contribution in [-0.4, -0.2) is 18.5 Å². The zero-order valence-electron chi connectivity index (χ0n) is 8.51. The van der Waals surface area contributed by atoms with Crippen molar-refractivity contribution in [3.8, 4) is 0 Å². The summed E-state index contributed by atoms with van der Waals surface area (Å²) < 4.78 is 0. The van der Waals surface area contributed by atoms with Crippen molar-refractivity contribution in [3.63, 3.8) is 0 Å².